The van der Waals surface area contributed by atoms with E-state index in [0.29, 0.717) is 5.92 Å². The molecule has 0 amide bonds. The van der Waals surface area contributed by atoms with Gasteiger partial charge in [-0.3, -0.25) is 0 Å². The van der Waals surface area contributed by atoms with Gasteiger partial charge in [0.25, 0.3) is 0 Å². The van der Waals surface area contributed by atoms with E-state index in [9.17, 15) is 0 Å². The van der Waals surface area contributed by atoms with E-state index in [1.54, 1.807) is 7.11 Å². The zero-order valence-electron chi connectivity index (χ0n) is 16.7. The molecule has 1 saturated carbocycles. The normalized spacial score (nSPS) is 22.0. The third-order valence-electron chi connectivity index (χ3n) is 5.90. The molecule has 0 spiro atoms. The summed E-state index contributed by atoms with van der Waals surface area (Å²) < 4.78 is 7.15. The molecule has 3 aromatic rings. The van der Waals surface area contributed by atoms with Gasteiger partial charge >= 0.3 is 0 Å². The minimum atomic E-state index is -0.309. The fourth-order valence-electron chi connectivity index (χ4n) is 4.18. The molecule has 2 atom stereocenters. The number of ether oxygens (including phenoxy) is 1. The first-order valence-electron chi connectivity index (χ1n) is 9.90. The summed E-state index contributed by atoms with van der Waals surface area (Å²) in [6.45, 7) is 4.40. The molecule has 0 saturated heterocycles. The smallest absolute Gasteiger partial charge is 0.182 e. The number of rotatable bonds is 5. The Labute approximate surface area is 165 Å². The van der Waals surface area contributed by atoms with Crippen molar-refractivity contribution in [3.05, 3.63) is 59.9 Å². The molecule has 1 aromatic heterocycles. The monoisotopic (exact) mass is 377 g/mol. The van der Waals surface area contributed by atoms with Crippen LogP contribution < -0.4 is 10.1 Å². The number of aromatic nitrogens is 4. The molecular weight excluding hydrogens is 350 g/mol. The summed E-state index contributed by atoms with van der Waals surface area (Å²) >= 11 is 0. The minimum absolute atomic E-state index is 0.309. The van der Waals surface area contributed by atoms with Crippen molar-refractivity contribution in [3.63, 3.8) is 0 Å². The third kappa shape index (κ3) is 3.35. The Morgan fingerprint density at radius 1 is 1.07 bits per heavy atom. The van der Waals surface area contributed by atoms with Crippen LogP contribution in [0.15, 0.2) is 48.5 Å². The van der Waals surface area contributed by atoms with E-state index in [4.69, 9.17) is 4.74 Å². The van der Waals surface area contributed by atoms with E-state index in [1.165, 1.54) is 12.0 Å². The van der Waals surface area contributed by atoms with Gasteiger partial charge in [0, 0.05) is 5.69 Å². The first-order valence-corrected chi connectivity index (χ1v) is 9.90. The van der Waals surface area contributed by atoms with Crippen LogP contribution in [0.25, 0.3) is 5.69 Å². The second kappa shape index (κ2) is 7.62. The highest BCUT2D eigenvalue weighted by atomic mass is 16.5. The molecule has 6 heteroatoms. The lowest BCUT2D eigenvalue weighted by atomic mass is 9.72. The number of anilines is 1. The van der Waals surface area contributed by atoms with Gasteiger partial charge in [0.15, 0.2) is 5.82 Å². The number of hydrogen-bond acceptors (Lipinski definition) is 5. The molecule has 4 rings (SSSR count). The Morgan fingerprint density at radius 3 is 2.50 bits per heavy atom. The van der Waals surface area contributed by atoms with Gasteiger partial charge in [0.2, 0.25) is 0 Å². The van der Waals surface area contributed by atoms with Crippen LogP contribution in [-0.2, 0) is 5.54 Å². The zero-order chi connectivity index (χ0) is 19.6. The molecule has 2 aromatic carbocycles. The van der Waals surface area contributed by atoms with Gasteiger partial charge in [0.05, 0.1) is 12.8 Å². The number of tetrazole rings is 1. The lowest BCUT2D eigenvalue weighted by Crippen LogP contribution is -2.46. The molecule has 1 heterocycles. The summed E-state index contributed by atoms with van der Waals surface area (Å²) in [5.74, 6) is 2.09. The molecule has 1 aliphatic rings. The van der Waals surface area contributed by atoms with Crippen molar-refractivity contribution in [1.82, 2.24) is 20.2 Å². The maximum atomic E-state index is 5.29. The predicted octanol–water partition coefficient (Wildman–Crippen LogP) is 4.50. The van der Waals surface area contributed by atoms with Gasteiger partial charge in [-0.25, -0.2) is 0 Å². The Balaban J connectivity index is 1.77. The summed E-state index contributed by atoms with van der Waals surface area (Å²) in [5, 5.41) is 16.7. The highest BCUT2D eigenvalue weighted by molar-refractivity contribution is 5.49. The van der Waals surface area contributed by atoms with E-state index in [1.807, 2.05) is 28.9 Å². The van der Waals surface area contributed by atoms with Crippen LogP contribution in [0, 0.1) is 12.8 Å². The number of nitrogens with zero attached hydrogens (tertiary/aromatic N) is 4. The van der Waals surface area contributed by atoms with Crippen LogP contribution in [0.5, 0.6) is 5.75 Å². The van der Waals surface area contributed by atoms with E-state index >= 15 is 0 Å². The highest BCUT2D eigenvalue weighted by Gasteiger charge is 2.44. The van der Waals surface area contributed by atoms with E-state index in [2.05, 4.69) is 59.0 Å². The maximum absolute atomic E-state index is 5.29. The van der Waals surface area contributed by atoms with Crippen molar-refractivity contribution in [1.29, 1.82) is 0 Å². The van der Waals surface area contributed by atoms with Crippen molar-refractivity contribution >= 4 is 5.69 Å². The molecule has 1 N–H and O–H groups in total. The fourth-order valence-corrected chi connectivity index (χ4v) is 4.18. The first-order chi connectivity index (χ1) is 13.6. The minimum Gasteiger partial charge on any atom is -0.497 e. The number of methoxy groups -OCH3 is 1. The molecule has 0 bridgehead atoms. The molecule has 146 valence electrons. The van der Waals surface area contributed by atoms with Crippen LogP contribution in [0.1, 0.15) is 44.0 Å². The molecule has 0 unspecified atom stereocenters. The van der Waals surface area contributed by atoms with Gasteiger partial charge in [0.1, 0.15) is 11.3 Å². The van der Waals surface area contributed by atoms with E-state index in [0.717, 1.165) is 42.2 Å². The van der Waals surface area contributed by atoms with Crippen LogP contribution in [0.2, 0.25) is 0 Å². The molecule has 0 aliphatic heterocycles. The Hall–Kier alpha value is -2.89. The summed E-state index contributed by atoms with van der Waals surface area (Å²) in [6, 6.07) is 16.4. The number of benzene rings is 2. The Bertz CT molecular complexity index is 919. The summed E-state index contributed by atoms with van der Waals surface area (Å²) in [5.41, 5.74) is 2.98. The lowest BCUT2D eigenvalue weighted by molar-refractivity contribution is 0.215. The van der Waals surface area contributed by atoms with Gasteiger partial charge in [-0.15, -0.1) is 5.10 Å². The first kappa shape index (κ1) is 18.5. The van der Waals surface area contributed by atoms with Crippen LogP contribution >= 0.6 is 0 Å². The van der Waals surface area contributed by atoms with Crippen LogP contribution in [0.4, 0.5) is 5.69 Å². The quantitative estimate of drug-likeness (QED) is 0.709. The molecular formula is C22H27N5O. The van der Waals surface area contributed by atoms with Crippen LogP contribution in [0.3, 0.4) is 0 Å². The average molecular weight is 377 g/mol. The van der Waals surface area contributed by atoms with Gasteiger partial charge in [-0.05, 0) is 72.5 Å². The topological polar surface area (TPSA) is 64.9 Å². The van der Waals surface area contributed by atoms with Crippen molar-refractivity contribution in [3.8, 4) is 11.4 Å². The SMILES string of the molecule is COc1ccc(-n2nnnc2[C@@]2(Nc3ccc(C)cc3)CCCC[C@@H]2C)cc1. The van der Waals surface area contributed by atoms with Gasteiger partial charge < -0.3 is 10.1 Å². The summed E-state index contributed by atoms with van der Waals surface area (Å²) in [4.78, 5) is 0. The average Bonchev–Trinajstić information content (AvgIpc) is 3.22. The molecule has 0 radical (unpaired) electrons. The number of nitrogens with one attached hydrogen (secondary N) is 1. The fraction of sp³-hybridized carbons (Fsp3) is 0.409. The number of aryl methyl sites for hydroxylation is 1. The summed E-state index contributed by atoms with van der Waals surface area (Å²) in [7, 11) is 1.67. The van der Waals surface area contributed by atoms with E-state index in [-0.39, 0.29) is 5.54 Å². The van der Waals surface area contributed by atoms with Crippen molar-refractivity contribution in [2.75, 3.05) is 12.4 Å². The second-order valence-electron chi connectivity index (χ2n) is 7.72. The van der Waals surface area contributed by atoms with E-state index < -0.39 is 0 Å². The largest absolute Gasteiger partial charge is 0.497 e. The number of hydrogen-bond donors (Lipinski definition) is 1. The standard InChI is InChI=1S/C22H27N5O/c1-16-7-9-18(10-8-16)23-22(15-5-4-6-17(22)2)21-24-25-26-27(21)19-11-13-20(28-3)14-12-19/h7-14,17,23H,4-6,15H2,1-3H3/t17-,22+/m0/s1. The highest BCUT2D eigenvalue weighted by Crippen LogP contribution is 2.43. The molecule has 6 nitrogen and oxygen atoms in total. The van der Waals surface area contributed by atoms with Gasteiger partial charge in [-0.1, -0.05) is 37.5 Å². The predicted molar refractivity (Wildman–Crippen MR) is 110 cm³/mol. The van der Waals surface area contributed by atoms with Crippen LogP contribution in [-0.4, -0.2) is 27.3 Å². The van der Waals surface area contributed by atoms with Gasteiger partial charge in [-0.2, -0.15) is 4.68 Å². The zero-order valence-corrected chi connectivity index (χ0v) is 16.7. The lowest BCUT2D eigenvalue weighted by Gasteiger charge is -2.42. The van der Waals surface area contributed by atoms with Crippen molar-refractivity contribution < 1.29 is 4.74 Å². The Morgan fingerprint density at radius 2 is 1.82 bits per heavy atom. The third-order valence-corrected chi connectivity index (χ3v) is 5.90. The molecule has 1 aliphatic carbocycles. The van der Waals surface area contributed by atoms with Crippen molar-refractivity contribution in [2.45, 2.75) is 45.1 Å². The maximum Gasteiger partial charge on any atom is 0.182 e. The Kier molecular flexibility index (Phi) is 5.03. The van der Waals surface area contributed by atoms with Crippen molar-refractivity contribution in [2.24, 2.45) is 5.92 Å². The molecule has 1 fully saturated rings. The second-order valence-corrected chi connectivity index (χ2v) is 7.72. The summed E-state index contributed by atoms with van der Waals surface area (Å²) in [6.07, 6.45) is 4.54. The molecule has 28 heavy (non-hydrogen) atoms.